The summed E-state index contributed by atoms with van der Waals surface area (Å²) in [5.41, 5.74) is 8.36. The first-order valence-electron chi connectivity index (χ1n) is 10.9. The molecule has 2 N–H and O–H groups in total. The molecule has 0 unspecified atom stereocenters. The van der Waals surface area contributed by atoms with Crippen LogP contribution in [0.2, 0.25) is 0 Å². The van der Waals surface area contributed by atoms with E-state index in [1.165, 1.54) is 22.7 Å². The number of carbonyl (C=O) groups excluding carboxylic acids is 1. The minimum absolute atomic E-state index is 0.359. The van der Waals surface area contributed by atoms with E-state index in [0.717, 1.165) is 43.1 Å². The second kappa shape index (κ2) is 8.81. The van der Waals surface area contributed by atoms with Crippen molar-refractivity contribution < 1.29 is 9.53 Å². The molecule has 1 aromatic heterocycles. The number of nitrogens with two attached hydrogens (primary N) is 1. The van der Waals surface area contributed by atoms with Gasteiger partial charge in [0.15, 0.2) is 0 Å². The minimum Gasteiger partial charge on any atom is -0.438 e. The molecule has 0 saturated carbocycles. The van der Waals surface area contributed by atoms with Gasteiger partial charge in [-0.05, 0) is 41.0 Å². The third-order valence-corrected chi connectivity index (χ3v) is 6.00. The van der Waals surface area contributed by atoms with Crippen LogP contribution in [0, 0.1) is 5.92 Å². The number of fused-ring (bicyclic) bond motifs is 1. The zero-order valence-electron chi connectivity index (χ0n) is 17.8. The van der Waals surface area contributed by atoms with Crippen molar-refractivity contribution in [3.8, 4) is 11.6 Å². The lowest BCUT2D eigenvalue weighted by atomic mass is 9.91. The Kier molecular flexibility index (Phi) is 5.57. The van der Waals surface area contributed by atoms with Gasteiger partial charge in [0.25, 0.3) is 0 Å². The molecule has 32 heavy (non-hydrogen) atoms. The van der Waals surface area contributed by atoms with Gasteiger partial charge in [-0.15, -0.1) is 0 Å². The molecule has 2 heterocycles. The Morgan fingerprint density at radius 1 is 0.938 bits per heavy atom. The van der Waals surface area contributed by atoms with Crippen molar-refractivity contribution in [2.45, 2.75) is 13.0 Å². The molecule has 5 heteroatoms. The number of hydrogen-bond acceptors (Lipinski definition) is 4. The number of pyridine rings is 1. The summed E-state index contributed by atoms with van der Waals surface area (Å²) < 4.78 is 6.03. The van der Waals surface area contributed by atoms with Crippen LogP contribution < -0.4 is 10.5 Å². The number of ether oxygens (including phenoxy) is 1. The zero-order valence-corrected chi connectivity index (χ0v) is 17.8. The standard InChI is InChI=1S/C27H25N3O2/c28-27(31)21-12-13-26(29-15-21)32-25-11-5-9-23-22(8-4-10-24(23)25)18-30-16-20(17-30)14-19-6-2-1-3-7-19/h1-13,15,20H,14,16-18H2,(H2,28,31). The first kappa shape index (κ1) is 20.2. The van der Waals surface area contributed by atoms with Crippen molar-refractivity contribution in [2.24, 2.45) is 11.7 Å². The number of hydrogen-bond donors (Lipinski definition) is 1. The lowest BCUT2D eigenvalue weighted by molar-refractivity contribution is 0.0931. The molecule has 5 nitrogen and oxygen atoms in total. The number of rotatable bonds is 7. The highest BCUT2D eigenvalue weighted by Gasteiger charge is 2.27. The highest BCUT2D eigenvalue weighted by molar-refractivity contribution is 5.92. The zero-order chi connectivity index (χ0) is 21.9. The average molecular weight is 424 g/mol. The summed E-state index contributed by atoms with van der Waals surface area (Å²) in [6.45, 7) is 3.17. The predicted octanol–water partition coefficient (Wildman–Crippen LogP) is 4.80. The fourth-order valence-electron chi connectivity index (χ4n) is 4.40. The van der Waals surface area contributed by atoms with E-state index < -0.39 is 5.91 Å². The summed E-state index contributed by atoms with van der Waals surface area (Å²) in [5.74, 6) is 1.39. The Labute approximate surface area is 187 Å². The summed E-state index contributed by atoms with van der Waals surface area (Å²) in [6, 6.07) is 26.4. The van der Waals surface area contributed by atoms with E-state index in [1.807, 2.05) is 12.1 Å². The van der Waals surface area contributed by atoms with Crippen molar-refractivity contribution in [1.29, 1.82) is 0 Å². The third kappa shape index (κ3) is 4.34. The summed E-state index contributed by atoms with van der Waals surface area (Å²) in [4.78, 5) is 18.0. The molecular formula is C27H25N3O2. The molecule has 5 rings (SSSR count). The van der Waals surface area contributed by atoms with Crippen molar-refractivity contribution in [1.82, 2.24) is 9.88 Å². The van der Waals surface area contributed by atoms with Gasteiger partial charge in [0.05, 0.1) is 5.56 Å². The van der Waals surface area contributed by atoms with Crippen LogP contribution in [-0.4, -0.2) is 28.9 Å². The highest BCUT2D eigenvalue weighted by atomic mass is 16.5. The SMILES string of the molecule is NC(=O)c1ccc(Oc2cccc3c(CN4CC(Cc5ccccc5)C4)cccc23)nc1. The van der Waals surface area contributed by atoms with Crippen LogP contribution in [-0.2, 0) is 13.0 Å². The lowest BCUT2D eigenvalue weighted by Gasteiger charge is -2.39. The molecule has 3 aromatic carbocycles. The second-order valence-corrected chi connectivity index (χ2v) is 8.37. The van der Waals surface area contributed by atoms with Crippen molar-refractivity contribution in [3.05, 3.63) is 102 Å². The first-order chi connectivity index (χ1) is 15.7. The van der Waals surface area contributed by atoms with Crippen molar-refractivity contribution in [2.75, 3.05) is 13.1 Å². The van der Waals surface area contributed by atoms with E-state index in [0.29, 0.717) is 11.4 Å². The average Bonchev–Trinajstić information content (AvgIpc) is 2.79. The maximum Gasteiger partial charge on any atom is 0.250 e. The topological polar surface area (TPSA) is 68.5 Å². The number of carbonyl (C=O) groups is 1. The fourth-order valence-corrected chi connectivity index (χ4v) is 4.40. The van der Waals surface area contributed by atoms with Gasteiger partial charge in [0.2, 0.25) is 11.8 Å². The van der Waals surface area contributed by atoms with Crippen LogP contribution >= 0.6 is 0 Å². The van der Waals surface area contributed by atoms with Crippen LogP contribution in [0.4, 0.5) is 0 Å². The van der Waals surface area contributed by atoms with Crippen molar-refractivity contribution in [3.63, 3.8) is 0 Å². The van der Waals surface area contributed by atoms with Crippen LogP contribution in [0.15, 0.2) is 85.1 Å². The van der Waals surface area contributed by atoms with E-state index >= 15 is 0 Å². The largest absolute Gasteiger partial charge is 0.438 e. The molecule has 1 aliphatic rings. The van der Waals surface area contributed by atoms with Gasteiger partial charge in [-0.3, -0.25) is 9.69 Å². The predicted molar refractivity (Wildman–Crippen MR) is 126 cm³/mol. The fraction of sp³-hybridized carbons (Fsp3) is 0.185. The quantitative estimate of drug-likeness (QED) is 0.464. The van der Waals surface area contributed by atoms with E-state index in [2.05, 4.69) is 64.5 Å². The van der Waals surface area contributed by atoms with Crippen LogP contribution in [0.5, 0.6) is 11.6 Å². The smallest absolute Gasteiger partial charge is 0.250 e. The van der Waals surface area contributed by atoms with E-state index in [-0.39, 0.29) is 0 Å². The number of nitrogens with zero attached hydrogens (tertiary/aromatic N) is 2. The molecule has 0 aliphatic carbocycles. The normalized spacial score (nSPS) is 14.2. The molecule has 0 atom stereocenters. The van der Waals surface area contributed by atoms with Gasteiger partial charge in [0.1, 0.15) is 5.75 Å². The van der Waals surface area contributed by atoms with Gasteiger partial charge in [-0.1, -0.05) is 60.7 Å². The van der Waals surface area contributed by atoms with Gasteiger partial charge in [-0.25, -0.2) is 4.98 Å². The summed E-state index contributed by atoms with van der Waals surface area (Å²) in [7, 11) is 0. The molecule has 0 bridgehead atoms. The Bertz CT molecular complexity index is 1230. The summed E-state index contributed by atoms with van der Waals surface area (Å²) in [5, 5.41) is 2.23. The molecule has 1 saturated heterocycles. The van der Waals surface area contributed by atoms with Crippen LogP contribution in [0.1, 0.15) is 21.5 Å². The maximum atomic E-state index is 11.2. The molecule has 1 fully saturated rings. The monoisotopic (exact) mass is 423 g/mol. The first-order valence-corrected chi connectivity index (χ1v) is 10.9. The Morgan fingerprint density at radius 2 is 1.72 bits per heavy atom. The van der Waals surface area contributed by atoms with Gasteiger partial charge < -0.3 is 10.5 Å². The second-order valence-electron chi connectivity index (χ2n) is 8.37. The number of likely N-dealkylation sites (tertiary alicyclic amines) is 1. The van der Waals surface area contributed by atoms with Gasteiger partial charge in [-0.2, -0.15) is 0 Å². The van der Waals surface area contributed by atoms with E-state index in [1.54, 1.807) is 12.1 Å². The van der Waals surface area contributed by atoms with E-state index in [4.69, 9.17) is 10.5 Å². The number of aromatic nitrogens is 1. The Hall–Kier alpha value is -3.70. The molecular weight excluding hydrogens is 398 g/mol. The van der Waals surface area contributed by atoms with Crippen LogP contribution in [0.25, 0.3) is 10.8 Å². The molecule has 160 valence electrons. The maximum absolute atomic E-state index is 11.2. The van der Waals surface area contributed by atoms with Crippen molar-refractivity contribution >= 4 is 16.7 Å². The number of primary amides is 1. The lowest BCUT2D eigenvalue weighted by Crippen LogP contribution is -2.46. The van der Waals surface area contributed by atoms with Gasteiger partial charge >= 0.3 is 0 Å². The molecule has 1 aliphatic heterocycles. The Morgan fingerprint density at radius 3 is 2.47 bits per heavy atom. The summed E-state index contributed by atoms with van der Waals surface area (Å²) >= 11 is 0. The molecule has 0 radical (unpaired) electrons. The molecule has 1 amide bonds. The molecule has 4 aromatic rings. The Balaban J connectivity index is 1.29. The minimum atomic E-state index is -0.504. The highest BCUT2D eigenvalue weighted by Crippen LogP contribution is 2.32. The van der Waals surface area contributed by atoms with E-state index in [9.17, 15) is 4.79 Å². The molecule has 0 spiro atoms. The van der Waals surface area contributed by atoms with Gasteiger partial charge in [0, 0.05) is 37.3 Å². The number of benzene rings is 3. The van der Waals surface area contributed by atoms with Crippen LogP contribution in [0.3, 0.4) is 0 Å². The number of amides is 1. The third-order valence-electron chi connectivity index (χ3n) is 6.00. The summed E-state index contributed by atoms with van der Waals surface area (Å²) in [6.07, 6.45) is 2.58.